The summed E-state index contributed by atoms with van der Waals surface area (Å²) in [7, 11) is 6.78. The predicted octanol–water partition coefficient (Wildman–Crippen LogP) is 3.52. The predicted molar refractivity (Wildman–Crippen MR) is 116 cm³/mol. The Morgan fingerprint density at radius 1 is 1.17 bits per heavy atom. The Bertz CT molecular complexity index is 839. The van der Waals surface area contributed by atoms with Crippen LogP contribution in [0.15, 0.2) is 35.0 Å². The van der Waals surface area contributed by atoms with Crippen LogP contribution in [0.1, 0.15) is 17.5 Å². The van der Waals surface area contributed by atoms with Gasteiger partial charge in [0.2, 0.25) is 5.91 Å². The molecule has 0 saturated heterocycles. The summed E-state index contributed by atoms with van der Waals surface area (Å²) in [6.07, 6.45) is 2.98. The monoisotopic (exact) mass is 416 g/mol. The number of amides is 1. The van der Waals surface area contributed by atoms with E-state index in [2.05, 4.69) is 22.4 Å². The summed E-state index contributed by atoms with van der Waals surface area (Å²) in [6.45, 7) is 2.59. The van der Waals surface area contributed by atoms with Crippen molar-refractivity contribution in [2.75, 3.05) is 48.0 Å². The Kier molecular flexibility index (Phi) is 7.17. The molecule has 2 heterocycles. The standard InChI is InChI=1S/C22H28N2O4S/c1-23(13-16-7-10-29-15-16)21(25)14-24-8-5-17(6-9-24)22-19(27-3)11-18(26-2)12-20(22)28-4/h5,7,10-12,15H,6,8-9,13-14H2,1-4H3. The Labute approximate surface area is 176 Å². The maximum atomic E-state index is 12.6. The van der Waals surface area contributed by atoms with E-state index in [0.29, 0.717) is 25.4 Å². The lowest BCUT2D eigenvalue weighted by molar-refractivity contribution is -0.131. The molecule has 156 valence electrons. The number of hydrogen-bond donors (Lipinski definition) is 0. The molecule has 2 aromatic rings. The van der Waals surface area contributed by atoms with Crippen molar-refractivity contribution in [1.29, 1.82) is 0 Å². The SMILES string of the molecule is COc1cc(OC)c(C2=CCN(CC(=O)N(C)Cc3ccsc3)CC2)c(OC)c1. The lowest BCUT2D eigenvalue weighted by atomic mass is 9.97. The number of benzene rings is 1. The van der Waals surface area contributed by atoms with Gasteiger partial charge in [-0.2, -0.15) is 11.3 Å². The van der Waals surface area contributed by atoms with Gasteiger partial charge in [0, 0.05) is 38.8 Å². The first kappa shape index (κ1) is 21.2. The molecule has 1 aliphatic heterocycles. The van der Waals surface area contributed by atoms with E-state index >= 15 is 0 Å². The van der Waals surface area contributed by atoms with E-state index in [1.165, 1.54) is 5.56 Å². The lowest BCUT2D eigenvalue weighted by Crippen LogP contribution is -2.39. The van der Waals surface area contributed by atoms with Crippen molar-refractivity contribution in [2.45, 2.75) is 13.0 Å². The van der Waals surface area contributed by atoms with Gasteiger partial charge in [-0.15, -0.1) is 0 Å². The molecule has 29 heavy (non-hydrogen) atoms. The first-order valence-electron chi connectivity index (χ1n) is 9.52. The third kappa shape index (κ3) is 5.10. The van der Waals surface area contributed by atoms with Gasteiger partial charge >= 0.3 is 0 Å². The smallest absolute Gasteiger partial charge is 0.236 e. The molecular weight excluding hydrogens is 388 g/mol. The van der Waals surface area contributed by atoms with Crippen LogP contribution in [0.25, 0.3) is 5.57 Å². The minimum atomic E-state index is 0.132. The Hall–Kier alpha value is -2.51. The van der Waals surface area contributed by atoms with E-state index < -0.39 is 0 Å². The molecule has 1 aromatic heterocycles. The normalized spacial score (nSPS) is 14.3. The van der Waals surface area contributed by atoms with Crippen molar-refractivity contribution in [3.05, 3.63) is 46.2 Å². The zero-order valence-electron chi connectivity index (χ0n) is 17.4. The highest BCUT2D eigenvalue weighted by Crippen LogP contribution is 2.40. The van der Waals surface area contributed by atoms with Crippen LogP contribution in [-0.2, 0) is 11.3 Å². The van der Waals surface area contributed by atoms with Gasteiger partial charge in [0.25, 0.3) is 0 Å². The van der Waals surface area contributed by atoms with E-state index in [1.54, 1.807) is 37.6 Å². The molecule has 0 saturated carbocycles. The average Bonchev–Trinajstić information content (AvgIpc) is 3.26. The van der Waals surface area contributed by atoms with Crippen molar-refractivity contribution in [2.24, 2.45) is 0 Å². The molecule has 0 atom stereocenters. The zero-order chi connectivity index (χ0) is 20.8. The molecule has 0 bridgehead atoms. The molecule has 6 nitrogen and oxygen atoms in total. The fourth-order valence-electron chi connectivity index (χ4n) is 3.46. The molecule has 0 N–H and O–H groups in total. The molecule has 1 aliphatic rings. The molecule has 7 heteroatoms. The number of hydrogen-bond acceptors (Lipinski definition) is 6. The number of ether oxygens (including phenoxy) is 3. The summed E-state index contributed by atoms with van der Waals surface area (Å²) in [4.78, 5) is 16.5. The van der Waals surface area contributed by atoms with Crippen molar-refractivity contribution < 1.29 is 19.0 Å². The number of likely N-dealkylation sites (N-methyl/N-ethyl adjacent to an activating group) is 1. The molecule has 0 aliphatic carbocycles. The largest absolute Gasteiger partial charge is 0.496 e. The number of nitrogens with zero attached hydrogens (tertiary/aromatic N) is 2. The summed E-state index contributed by atoms with van der Waals surface area (Å²) in [6, 6.07) is 5.79. The maximum Gasteiger partial charge on any atom is 0.236 e. The highest BCUT2D eigenvalue weighted by Gasteiger charge is 2.22. The van der Waals surface area contributed by atoms with Crippen molar-refractivity contribution in [3.63, 3.8) is 0 Å². The topological polar surface area (TPSA) is 51.2 Å². The van der Waals surface area contributed by atoms with Gasteiger partial charge in [-0.25, -0.2) is 0 Å². The highest BCUT2D eigenvalue weighted by atomic mass is 32.1. The molecule has 0 spiro atoms. The molecule has 3 rings (SSSR count). The van der Waals surface area contributed by atoms with Gasteiger partial charge in [-0.3, -0.25) is 9.69 Å². The van der Waals surface area contributed by atoms with Crippen molar-refractivity contribution >= 4 is 22.8 Å². The van der Waals surface area contributed by atoms with Crippen LogP contribution in [0.5, 0.6) is 17.2 Å². The fourth-order valence-corrected chi connectivity index (χ4v) is 4.12. The number of rotatable bonds is 8. The first-order valence-corrected chi connectivity index (χ1v) is 10.5. The van der Waals surface area contributed by atoms with Crippen LogP contribution in [0, 0.1) is 0 Å². The van der Waals surface area contributed by atoms with Gasteiger partial charge in [-0.05, 0) is 34.4 Å². The summed E-state index contributed by atoms with van der Waals surface area (Å²) < 4.78 is 16.5. The second-order valence-corrected chi connectivity index (χ2v) is 7.78. The van der Waals surface area contributed by atoms with E-state index in [0.717, 1.165) is 35.6 Å². The van der Waals surface area contributed by atoms with Crippen LogP contribution < -0.4 is 14.2 Å². The van der Waals surface area contributed by atoms with Crippen molar-refractivity contribution in [3.8, 4) is 17.2 Å². The second-order valence-electron chi connectivity index (χ2n) is 7.00. The van der Waals surface area contributed by atoms with Crippen molar-refractivity contribution in [1.82, 2.24) is 9.80 Å². The Balaban J connectivity index is 1.67. The van der Waals surface area contributed by atoms with E-state index in [1.807, 2.05) is 24.6 Å². The summed E-state index contributed by atoms with van der Waals surface area (Å²) in [5, 5.41) is 4.11. The summed E-state index contributed by atoms with van der Waals surface area (Å²) in [5.74, 6) is 2.28. The molecular formula is C22H28N2O4S. The number of thiophene rings is 1. The van der Waals surface area contributed by atoms with Crippen LogP contribution in [-0.4, -0.2) is 63.7 Å². The summed E-state index contributed by atoms with van der Waals surface area (Å²) in [5.41, 5.74) is 3.29. The molecule has 0 fully saturated rings. The molecule has 0 unspecified atom stereocenters. The number of carbonyl (C=O) groups is 1. The summed E-state index contributed by atoms with van der Waals surface area (Å²) >= 11 is 1.65. The minimum absolute atomic E-state index is 0.132. The van der Waals surface area contributed by atoms with E-state index in [-0.39, 0.29) is 5.91 Å². The third-order valence-corrected chi connectivity index (χ3v) is 5.85. The van der Waals surface area contributed by atoms with E-state index in [4.69, 9.17) is 14.2 Å². The van der Waals surface area contributed by atoms with Gasteiger partial charge in [0.1, 0.15) is 17.2 Å². The maximum absolute atomic E-state index is 12.6. The van der Waals surface area contributed by atoms with E-state index in [9.17, 15) is 4.79 Å². The Morgan fingerprint density at radius 2 is 1.90 bits per heavy atom. The van der Waals surface area contributed by atoms with Crippen LogP contribution in [0.4, 0.5) is 0 Å². The first-order chi connectivity index (χ1) is 14.0. The quantitative estimate of drug-likeness (QED) is 0.659. The third-order valence-electron chi connectivity index (χ3n) is 5.11. The Morgan fingerprint density at radius 3 is 2.41 bits per heavy atom. The number of carbonyl (C=O) groups excluding carboxylic acids is 1. The molecule has 1 aromatic carbocycles. The fraction of sp³-hybridized carbons (Fsp3) is 0.409. The van der Waals surface area contributed by atoms with Crippen LogP contribution in [0.3, 0.4) is 0 Å². The minimum Gasteiger partial charge on any atom is -0.496 e. The average molecular weight is 417 g/mol. The van der Waals surface area contributed by atoms with Gasteiger partial charge in [0.15, 0.2) is 0 Å². The van der Waals surface area contributed by atoms with Crippen LogP contribution >= 0.6 is 11.3 Å². The van der Waals surface area contributed by atoms with Crippen LogP contribution in [0.2, 0.25) is 0 Å². The zero-order valence-corrected chi connectivity index (χ0v) is 18.3. The molecule has 0 radical (unpaired) electrons. The second kappa shape index (κ2) is 9.80. The van der Waals surface area contributed by atoms with Gasteiger partial charge < -0.3 is 19.1 Å². The lowest BCUT2D eigenvalue weighted by Gasteiger charge is -2.28. The number of methoxy groups -OCH3 is 3. The van der Waals surface area contributed by atoms with Gasteiger partial charge in [0.05, 0.1) is 33.4 Å². The van der Waals surface area contributed by atoms with Gasteiger partial charge in [-0.1, -0.05) is 6.08 Å². The highest BCUT2D eigenvalue weighted by molar-refractivity contribution is 7.07. The molecule has 1 amide bonds.